The lowest BCUT2D eigenvalue weighted by atomic mass is 9.93. The summed E-state index contributed by atoms with van der Waals surface area (Å²) in [6, 6.07) is 5.17. The molecule has 8 heteroatoms. The van der Waals surface area contributed by atoms with Crippen LogP contribution in [0.1, 0.15) is 24.8 Å². The SMILES string of the molecule is CN=C(NCc1cc(OC)ccc1O)N1CCC(CC(=O)NC)CC1.I. The Balaban J connectivity index is 0.00000338. The van der Waals surface area contributed by atoms with Crippen LogP contribution in [0.25, 0.3) is 0 Å². The predicted octanol–water partition coefficient (Wildman–Crippen LogP) is 1.94. The molecule has 1 amide bonds. The number of nitrogens with one attached hydrogen (secondary N) is 2. The van der Waals surface area contributed by atoms with Gasteiger partial charge in [-0.25, -0.2) is 0 Å². The Morgan fingerprint density at radius 2 is 2.08 bits per heavy atom. The van der Waals surface area contributed by atoms with E-state index in [9.17, 15) is 9.90 Å². The van der Waals surface area contributed by atoms with Crippen molar-refractivity contribution in [1.82, 2.24) is 15.5 Å². The van der Waals surface area contributed by atoms with Gasteiger partial charge in [-0.15, -0.1) is 24.0 Å². The number of amides is 1. The number of hydrogen-bond donors (Lipinski definition) is 3. The summed E-state index contributed by atoms with van der Waals surface area (Å²) in [6.07, 6.45) is 2.53. The molecule has 1 saturated heterocycles. The molecule has 1 heterocycles. The Kier molecular flexibility index (Phi) is 9.53. The maximum atomic E-state index is 11.5. The highest BCUT2D eigenvalue weighted by molar-refractivity contribution is 14.0. The molecule has 2 rings (SSSR count). The Bertz CT molecular complexity index is 616. The minimum absolute atomic E-state index is 0. The third-order valence-electron chi connectivity index (χ3n) is 4.60. The quantitative estimate of drug-likeness (QED) is 0.344. The summed E-state index contributed by atoms with van der Waals surface area (Å²) in [5, 5.41) is 16.0. The fourth-order valence-electron chi connectivity index (χ4n) is 3.05. The molecule has 1 aromatic rings. The number of ether oxygens (including phenoxy) is 1. The summed E-state index contributed by atoms with van der Waals surface area (Å²) in [5.41, 5.74) is 0.759. The molecule has 0 unspecified atom stereocenters. The van der Waals surface area contributed by atoms with Crippen molar-refractivity contribution < 1.29 is 14.6 Å². The molecule has 26 heavy (non-hydrogen) atoms. The lowest BCUT2D eigenvalue weighted by molar-refractivity contribution is -0.121. The monoisotopic (exact) mass is 476 g/mol. The predicted molar refractivity (Wildman–Crippen MR) is 113 cm³/mol. The number of benzene rings is 1. The maximum Gasteiger partial charge on any atom is 0.220 e. The zero-order valence-corrected chi connectivity index (χ0v) is 17.9. The second-order valence-electron chi connectivity index (χ2n) is 6.20. The third-order valence-corrected chi connectivity index (χ3v) is 4.60. The van der Waals surface area contributed by atoms with Crippen molar-refractivity contribution in [3.8, 4) is 11.5 Å². The average Bonchev–Trinajstić information content (AvgIpc) is 2.64. The van der Waals surface area contributed by atoms with Crippen molar-refractivity contribution in [2.24, 2.45) is 10.9 Å². The molecule has 3 N–H and O–H groups in total. The zero-order valence-electron chi connectivity index (χ0n) is 15.6. The van der Waals surface area contributed by atoms with Gasteiger partial charge in [0, 0.05) is 45.7 Å². The summed E-state index contributed by atoms with van der Waals surface area (Å²) in [6.45, 7) is 2.20. The van der Waals surface area contributed by atoms with Crippen LogP contribution in [0, 0.1) is 5.92 Å². The maximum absolute atomic E-state index is 11.5. The van der Waals surface area contributed by atoms with E-state index >= 15 is 0 Å². The topological polar surface area (TPSA) is 86.2 Å². The highest BCUT2D eigenvalue weighted by atomic mass is 127. The van der Waals surface area contributed by atoms with Gasteiger partial charge in [-0.05, 0) is 37.0 Å². The zero-order chi connectivity index (χ0) is 18.2. The van der Waals surface area contributed by atoms with Crippen molar-refractivity contribution >= 4 is 35.8 Å². The van der Waals surface area contributed by atoms with Gasteiger partial charge in [0.25, 0.3) is 0 Å². The summed E-state index contributed by atoms with van der Waals surface area (Å²) >= 11 is 0. The minimum atomic E-state index is 0. The van der Waals surface area contributed by atoms with Crippen LogP contribution in [-0.2, 0) is 11.3 Å². The number of nitrogens with zero attached hydrogens (tertiary/aromatic N) is 2. The van der Waals surface area contributed by atoms with Gasteiger partial charge in [-0.3, -0.25) is 9.79 Å². The van der Waals surface area contributed by atoms with Gasteiger partial charge in [0.05, 0.1) is 7.11 Å². The first-order valence-electron chi connectivity index (χ1n) is 8.59. The Labute approximate surface area is 172 Å². The highest BCUT2D eigenvalue weighted by Gasteiger charge is 2.23. The highest BCUT2D eigenvalue weighted by Crippen LogP contribution is 2.23. The number of phenolic OH excluding ortho intramolecular Hbond substituents is 1. The Morgan fingerprint density at radius 3 is 2.65 bits per heavy atom. The largest absolute Gasteiger partial charge is 0.508 e. The molecule has 1 aromatic carbocycles. The van der Waals surface area contributed by atoms with E-state index in [1.807, 2.05) is 6.07 Å². The number of carbonyl (C=O) groups excluding carboxylic acids is 1. The van der Waals surface area contributed by atoms with Gasteiger partial charge in [0.1, 0.15) is 11.5 Å². The number of phenols is 1. The summed E-state index contributed by atoms with van der Waals surface area (Å²) in [7, 11) is 5.03. The number of likely N-dealkylation sites (tertiary alicyclic amines) is 1. The van der Waals surface area contributed by atoms with Crippen molar-refractivity contribution in [3.63, 3.8) is 0 Å². The molecule has 1 aliphatic rings. The van der Waals surface area contributed by atoms with Crippen molar-refractivity contribution in [1.29, 1.82) is 0 Å². The van der Waals surface area contributed by atoms with Crippen LogP contribution < -0.4 is 15.4 Å². The normalized spacial score (nSPS) is 15.2. The van der Waals surface area contributed by atoms with E-state index < -0.39 is 0 Å². The van der Waals surface area contributed by atoms with E-state index in [2.05, 4.69) is 20.5 Å². The smallest absolute Gasteiger partial charge is 0.220 e. The van der Waals surface area contributed by atoms with Crippen LogP contribution in [0.3, 0.4) is 0 Å². The molecule has 0 spiro atoms. The fourth-order valence-corrected chi connectivity index (χ4v) is 3.05. The van der Waals surface area contributed by atoms with Crippen LogP contribution in [0.4, 0.5) is 0 Å². The lowest BCUT2D eigenvalue weighted by Gasteiger charge is -2.34. The number of guanidine groups is 1. The number of halogens is 1. The van der Waals surface area contributed by atoms with E-state index in [1.54, 1.807) is 33.3 Å². The lowest BCUT2D eigenvalue weighted by Crippen LogP contribution is -2.45. The third kappa shape index (κ3) is 6.22. The van der Waals surface area contributed by atoms with Gasteiger partial charge < -0.3 is 25.4 Å². The van der Waals surface area contributed by atoms with Crippen LogP contribution in [0.15, 0.2) is 23.2 Å². The van der Waals surface area contributed by atoms with E-state index in [1.165, 1.54) is 0 Å². The first-order chi connectivity index (χ1) is 12.1. The van der Waals surface area contributed by atoms with Crippen molar-refractivity contribution in [2.45, 2.75) is 25.8 Å². The molecule has 0 saturated carbocycles. The van der Waals surface area contributed by atoms with Crippen LogP contribution in [0.2, 0.25) is 0 Å². The Hall–Kier alpha value is -1.71. The summed E-state index contributed by atoms with van der Waals surface area (Å²) in [5.74, 6) is 2.28. The molecule has 0 aromatic heterocycles. The molecule has 0 atom stereocenters. The van der Waals surface area contributed by atoms with Crippen molar-refractivity contribution in [2.75, 3.05) is 34.3 Å². The van der Waals surface area contributed by atoms with Gasteiger partial charge in [0.2, 0.25) is 5.91 Å². The number of methoxy groups -OCH3 is 1. The molecule has 0 radical (unpaired) electrons. The first kappa shape index (κ1) is 22.3. The molecule has 1 aliphatic heterocycles. The van der Waals surface area contributed by atoms with E-state index in [4.69, 9.17) is 4.74 Å². The second-order valence-corrected chi connectivity index (χ2v) is 6.20. The number of carbonyl (C=O) groups is 1. The first-order valence-corrected chi connectivity index (χ1v) is 8.59. The Morgan fingerprint density at radius 1 is 1.38 bits per heavy atom. The minimum Gasteiger partial charge on any atom is -0.508 e. The number of rotatable bonds is 5. The van der Waals surface area contributed by atoms with Crippen molar-refractivity contribution in [3.05, 3.63) is 23.8 Å². The number of piperidine rings is 1. The molecule has 0 aliphatic carbocycles. The van der Waals surface area contributed by atoms with E-state index in [-0.39, 0.29) is 35.6 Å². The standard InChI is InChI=1S/C18H28N4O3.HI/c1-19-17(24)10-13-6-8-22(9-7-13)18(20-2)21-12-14-11-15(25-3)4-5-16(14)23;/h4-5,11,13,23H,6-10,12H2,1-3H3,(H,19,24)(H,20,21);1H. The molecule has 0 bridgehead atoms. The van der Waals surface area contributed by atoms with Gasteiger partial charge in [-0.1, -0.05) is 0 Å². The summed E-state index contributed by atoms with van der Waals surface area (Å²) in [4.78, 5) is 18.0. The van der Waals surface area contributed by atoms with Crippen LogP contribution in [-0.4, -0.2) is 56.2 Å². The number of aliphatic imine (C=N–C) groups is 1. The molecule has 7 nitrogen and oxygen atoms in total. The van der Waals surface area contributed by atoms with E-state index in [0.717, 1.165) is 37.5 Å². The molecule has 1 fully saturated rings. The van der Waals surface area contributed by atoms with E-state index in [0.29, 0.717) is 24.6 Å². The van der Waals surface area contributed by atoms with Crippen LogP contribution >= 0.6 is 24.0 Å². The van der Waals surface area contributed by atoms with Gasteiger partial charge in [0.15, 0.2) is 5.96 Å². The second kappa shape index (κ2) is 11.1. The summed E-state index contributed by atoms with van der Waals surface area (Å²) < 4.78 is 5.20. The molecular formula is C18H29IN4O3. The fraction of sp³-hybridized carbons (Fsp3) is 0.556. The number of hydrogen-bond acceptors (Lipinski definition) is 4. The van der Waals surface area contributed by atoms with Gasteiger partial charge >= 0.3 is 0 Å². The van der Waals surface area contributed by atoms with Crippen LogP contribution in [0.5, 0.6) is 11.5 Å². The molecular weight excluding hydrogens is 447 g/mol. The number of aromatic hydroxyl groups is 1. The molecule has 146 valence electrons. The van der Waals surface area contributed by atoms with Gasteiger partial charge in [-0.2, -0.15) is 0 Å². The average molecular weight is 476 g/mol.